The third-order valence-electron chi connectivity index (χ3n) is 2.52. The maximum absolute atomic E-state index is 11.4. The first kappa shape index (κ1) is 12.4. The minimum Gasteiger partial charge on any atom is -0.478 e. The summed E-state index contributed by atoms with van der Waals surface area (Å²) >= 11 is 5.55. The van der Waals surface area contributed by atoms with Crippen LogP contribution >= 0.6 is 11.6 Å². The standard InChI is InChI=1S/C13H11ClN2O2/c14-7-11(15)16-10-6-5-8-3-1-2-4-9(8)12(10)13(17)18/h1-6H,7H2,(H2,15,16)(H,17,18). The van der Waals surface area contributed by atoms with Crippen LogP contribution in [0, 0.1) is 0 Å². The molecule has 92 valence electrons. The molecule has 0 spiro atoms. The van der Waals surface area contributed by atoms with Crippen molar-refractivity contribution in [2.75, 3.05) is 5.88 Å². The molecule has 0 amide bonds. The van der Waals surface area contributed by atoms with Gasteiger partial charge in [0.05, 0.1) is 17.1 Å². The summed E-state index contributed by atoms with van der Waals surface area (Å²) in [7, 11) is 0. The van der Waals surface area contributed by atoms with Crippen molar-refractivity contribution in [3.63, 3.8) is 0 Å². The van der Waals surface area contributed by atoms with Gasteiger partial charge in [0.15, 0.2) is 0 Å². The van der Waals surface area contributed by atoms with Crippen LogP contribution in [0.5, 0.6) is 0 Å². The molecule has 2 aromatic carbocycles. The zero-order chi connectivity index (χ0) is 13.1. The number of halogens is 1. The first-order chi connectivity index (χ1) is 8.63. The molecule has 18 heavy (non-hydrogen) atoms. The van der Waals surface area contributed by atoms with Gasteiger partial charge in [-0.05, 0) is 16.8 Å². The van der Waals surface area contributed by atoms with Gasteiger partial charge in [-0.2, -0.15) is 0 Å². The monoisotopic (exact) mass is 262 g/mol. The van der Waals surface area contributed by atoms with Gasteiger partial charge in [-0.15, -0.1) is 11.6 Å². The van der Waals surface area contributed by atoms with Crippen molar-refractivity contribution >= 4 is 39.9 Å². The molecule has 0 saturated heterocycles. The van der Waals surface area contributed by atoms with Crippen molar-refractivity contribution in [1.82, 2.24) is 0 Å². The second-order valence-corrected chi connectivity index (χ2v) is 3.99. The van der Waals surface area contributed by atoms with E-state index in [1.165, 1.54) is 0 Å². The molecule has 0 heterocycles. The zero-order valence-corrected chi connectivity index (χ0v) is 10.2. The number of hydrogen-bond donors (Lipinski definition) is 2. The van der Waals surface area contributed by atoms with Crippen molar-refractivity contribution in [2.45, 2.75) is 0 Å². The van der Waals surface area contributed by atoms with Gasteiger partial charge >= 0.3 is 5.97 Å². The van der Waals surface area contributed by atoms with E-state index in [1.54, 1.807) is 18.2 Å². The number of carboxylic acid groups (broad SMARTS) is 1. The van der Waals surface area contributed by atoms with Crippen LogP contribution in [0.1, 0.15) is 10.4 Å². The number of aromatic carboxylic acids is 1. The summed E-state index contributed by atoms with van der Waals surface area (Å²) in [6, 6.07) is 10.7. The molecular weight excluding hydrogens is 252 g/mol. The Balaban J connectivity index is 2.75. The molecule has 0 aromatic heterocycles. The van der Waals surface area contributed by atoms with Crippen LogP contribution in [-0.2, 0) is 0 Å². The van der Waals surface area contributed by atoms with Gasteiger partial charge < -0.3 is 10.8 Å². The molecule has 3 N–H and O–H groups in total. The third-order valence-corrected chi connectivity index (χ3v) is 2.80. The lowest BCUT2D eigenvalue weighted by atomic mass is 10.0. The predicted molar refractivity (Wildman–Crippen MR) is 72.9 cm³/mol. The molecule has 0 radical (unpaired) electrons. The van der Waals surface area contributed by atoms with E-state index in [2.05, 4.69) is 4.99 Å². The van der Waals surface area contributed by atoms with E-state index in [9.17, 15) is 9.90 Å². The first-order valence-corrected chi connectivity index (χ1v) is 5.81. The molecule has 0 aliphatic heterocycles. The number of nitrogens with two attached hydrogens (primary N) is 1. The normalized spacial score (nSPS) is 11.7. The fourth-order valence-corrected chi connectivity index (χ4v) is 1.82. The average molecular weight is 263 g/mol. The first-order valence-electron chi connectivity index (χ1n) is 5.27. The molecule has 2 rings (SSSR count). The SMILES string of the molecule is NC(CCl)=Nc1ccc2ccccc2c1C(=O)O. The van der Waals surface area contributed by atoms with E-state index in [4.69, 9.17) is 17.3 Å². The van der Waals surface area contributed by atoms with Gasteiger partial charge in [0.25, 0.3) is 0 Å². The van der Waals surface area contributed by atoms with Crippen molar-refractivity contribution in [1.29, 1.82) is 0 Å². The third kappa shape index (κ3) is 2.28. The average Bonchev–Trinajstić information content (AvgIpc) is 2.37. The van der Waals surface area contributed by atoms with E-state index in [1.807, 2.05) is 18.2 Å². The fourth-order valence-electron chi connectivity index (χ4n) is 1.76. The number of benzene rings is 2. The molecular formula is C13H11ClN2O2. The number of amidine groups is 1. The molecule has 2 aromatic rings. The summed E-state index contributed by atoms with van der Waals surface area (Å²) in [5.41, 5.74) is 6.00. The Morgan fingerprint density at radius 3 is 2.67 bits per heavy atom. The highest BCUT2D eigenvalue weighted by Gasteiger charge is 2.14. The topological polar surface area (TPSA) is 75.7 Å². The summed E-state index contributed by atoms with van der Waals surface area (Å²) in [6.07, 6.45) is 0. The second kappa shape index (κ2) is 5.06. The number of aliphatic imine (C=N–C) groups is 1. The lowest BCUT2D eigenvalue weighted by Crippen LogP contribution is -2.12. The van der Waals surface area contributed by atoms with Gasteiger partial charge in [0.2, 0.25) is 0 Å². The number of hydrogen-bond acceptors (Lipinski definition) is 2. The largest absolute Gasteiger partial charge is 0.478 e. The van der Waals surface area contributed by atoms with Crippen LogP contribution in [0.3, 0.4) is 0 Å². The highest BCUT2D eigenvalue weighted by molar-refractivity contribution is 6.28. The minimum absolute atomic E-state index is 0.0614. The van der Waals surface area contributed by atoms with Crippen LogP contribution in [0.2, 0.25) is 0 Å². The molecule has 0 unspecified atom stereocenters. The predicted octanol–water partition coefficient (Wildman–Crippen LogP) is 2.77. The zero-order valence-electron chi connectivity index (χ0n) is 9.43. The maximum Gasteiger partial charge on any atom is 0.338 e. The Hall–Kier alpha value is -2.07. The highest BCUT2D eigenvalue weighted by Crippen LogP contribution is 2.28. The van der Waals surface area contributed by atoms with Crippen LogP contribution < -0.4 is 5.73 Å². The Bertz CT molecular complexity index is 638. The smallest absolute Gasteiger partial charge is 0.338 e. The van der Waals surface area contributed by atoms with E-state index in [0.717, 1.165) is 5.39 Å². The van der Waals surface area contributed by atoms with Crippen LogP contribution in [0.25, 0.3) is 10.8 Å². The molecule has 0 saturated carbocycles. The fraction of sp³-hybridized carbons (Fsp3) is 0.0769. The number of fused-ring (bicyclic) bond motifs is 1. The van der Waals surface area contributed by atoms with Crippen LogP contribution in [0.4, 0.5) is 5.69 Å². The van der Waals surface area contributed by atoms with Crippen LogP contribution in [-0.4, -0.2) is 22.8 Å². The van der Waals surface area contributed by atoms with Crippen molar-refractivity contribution in [3.05, 3.63) is 42.0 Å². The summed E-state index contributed by atoms with van der Waals surface area (Å²) in [4.78, 5) is 15.4. The Morgan fingerprint density at radius 2 is 2.00 bits per heavy atom. The molecule has 0 fully saturated rings. The number of carbonyl (C=O) groups is 1. The molecule has 0 aliphatic carbocycles. The molecule has 4 nitrogen and oxygen atoms in total. The summed E-state index contributed by atoms with van der Waals surface area (Å²) in [5, 5.41) is 10.8. The molecule has 0 bridgehead atoms. The number of rotatable bonds is 3. The van der Waals surface area contributed by atoms with Crippen molar-refractivity contribution in [2.24, 2.45) is 10.7 Å². The second-order valence-electron chi connectivity index (χ2n) is 3.72. The van der Waals surface area contributed by atoms with Gasteiger partial charge in [-0.25, -0.2) is 9.79 Å². The number of carboxylic acids is 1. The Labute approximate surface area is 109 Å². The molecule has 0 atom stereocenters. The summed E-state index contributed by atoms with van der Waals surface area (Å²) in [6.45, 7) is 0. The van der Waals surface area contributed by atoms with E-state index >= 15 is 0 Å². The lowest BCUT2D eigenvalue weighted by molar-refractivity contribution is 0.0700. The van der Waals surface area contributed by atoms with Gasteiger partial charge in [0, 0.05) is 0 Å². The Kier molecular flexibility index (Phi) is 3.48. The Morgan fingerprint density at radius 1 is 1.28 bits per heavy atom. The maximum atomic E-state index is 11.4. The quantitative estimate of drug-likeness (QED) is 0.507. The molecule has 5 heteroatoms. The van der Waals surface area contributed by atoms with E-state index in [-0.39, 0.29) is 17.3 Å². The highest BCUT2D eigenvalue weighted by atomic mass is 35.5. The summed E-state index contributed by atoms with van der Waals surface area (Å²) < 4.78 is 0. The summed E-state index contributed by atoms with van der Waals surface area (Å²) in [5.74, 6) is -0.784. The van der Waals surface area contributed by atoms with E-state index in [0.29, 0.717) is 11.1 Å². The van der Waals surface area contributed by atoms with Crippen molar-refractivity contribution < 1.29 is 9.90 Å². The van der Waals surface area contributed by atoms with Gasteiger partial charge in [-0.3, -0.25) is 0 Å². The van der Waals surface area contributed by atoms with Crippen LogP contribution in [0.15, 0.2) is 41.4 Å². The number of nitrogens with zero attached hydrogens (tertiary/aromatic N) is 1. The van der Waals surface area contributed by atoms with Crippen molar-refractivity contribution in [3.8, 4) is 0 Å². The van der Waals surface area contributed by atoms with E-state index < -0.39 is 5.97 Å². The van der Waals surface area contributed by atoms with Gasteiger partial charge in [-0.1, -0.05) is 30.3 Å². The molecule has 0 aliphatic rings. The minimum atomic E-state index is -1.03. The van der Waals surface area contributed by atoms with Gasteiger partial charge in [0.1, 0.15) is 5.84 Å². The number of alkyl halides is 1. The lowest BCUT2D eigenvalue weighted by Gasteiger charge is -2.06.